The highest BCUT2D eigenvalue weighted by molar-refractivity contribution is 6.05. The SMILES string of the molecule is CN(C(=O)c1ccccc1)c1ccc(OC(=O)CN2CC(=O)Oc3ccccc32)cc1. The number of ether oxygens (including phenoxy) is 2. The Hall–Kier alpha value is -4.13. The molecule has 1 aliphatic rings. The quantitative estimate of drug-likeness (QED) is 0.469. The average molecular weight is 416 g/mol. The summed E-state index contributed by atoms with van der Waals surface area (Å²) in [4.78, 5) is 39.9. The summed E-state index contributed by atoms with van der Waals surface area (Å²) >= 11 is 0. The summed E-state index contributed by atoms with van der Waals surface area (Å²) in [5, 5.41) is 0. The van der Waals surface area contributed by atoms with Gasteiger partial charge in [-0.3, -0.25) is 4.79 Å². The molecule has 0 saturated carbocycles. The molecule has 4 rings (SSSR count). The van der Waals surface area contributed by atoms with Crippen molar-refractivity contribution in [1.82, 2.24) is 0 Å². The molecule has 0 saturated heterocycles. The number of amides is 1. The van der Waals surface area contributed by atoms with Crippen molar-refractivity contribution >= 4 is 29.2 Å². The second kappa shape index (κ2) is 8.71. The molecule has 3 aromatic carbocycles. The summed E-state index contributed by atoms with van der Waals surface area (Å²) in [5.41, 5.74) is 1.91. The zero-order valence-corrected chi connectivity index (χ0v) is 16.9. The summed E-state index contributed by atoms with van der Waals surface area (Å²) in [6.45, 7) is -0.127. The lowest BCUT2D eigenvalue weighted by atomic mass is 10.2. The van der Waals surface area contributed by atoms with E-state index in [1.54, 1.807) is 66.5 Å². The maximum atomic E-state index is 12.6. The van der Waals surface area contributed by atoms with E-state index < -0.39 is 11.9 Å². The van der Waals surface area contributed by atoms with Gasteiger partial charge in [0.2, 0.25) is 0 Å². The molecule has 0 aliphatic carbocycles. The van der Waals surface area contributed by atoms with E-state index in [-0.39, 0.29) is 19.0 Å². The molecule has 1 amide bonds. The lowest BCUT2D eigenvalue weighted by Gasteiger charge is -2.28. The van der Waals surface area contributed by atoms with Crippen molar-refractivity contribution in [3.63, 3.8) is 0 Å². The number of fused-ring (bicyclic) bond motifs is 1. The largest absolute Gasteiger partial charge is 0.425 e. The van der Waals surface area contributed by atoms with Crippen LogP contribution in [0.5, 0.6) is 11.5 Å². The highest BCUT2D eigenvalue weighted by atomic mass is 16.5. The Morgan fingerprint density at radius 2 is 1.65 bits per heavy atom. The molecular formula is C24H20N2O5. The molecule has 0 radical (unpaired) electrons. The van der Waals surface area contributed by atoms with Gasteiger partial charge < -0.3 is 19.3 Å². The minimum atomic E-state index is -0.508. The molecule has 0 bridgehead atoms. The number of nitrogens with zero attached hydrogens (tertiary/aromatic N) is 2. The number of carbonyl (C=O) groups is 3. The molecule has 156 valence electrons. The molecule has 0 unspecified atom stereocenters. The second-order valence-electron chi connectivity index (χ2n) is 7.00. The number of rotatable bonds is 5. The standard InChI is InChI=1S/C24H20N2O5/c1-25(24(29)17-7-3-2-4-8-17)18-11-13-19(14-12-18)30-22(27)15-26-16-23(28)31-21-10-6-5-9-20(21)26/h2-14H,15-16H2,1H3. The van der Waals surface area contributed by atoms with Gasteiger partial charge in [0.05, 0.1) is 5.69 Å². The third kappa shape index (κ3) is 4.56. The van der Waals surface area contributed by atoms with Crippen LogP contribution in [0.15, 0.2) is 78.9 Å². The molecule has 0 atom stereocenters. The Kier molecular flexibility index (Phi) is 5.66. The van der Waals surface area contributed by atoms with E-state index in [9.17, 15) is 14.4 Å². The van der Waals surface area contributed by atoms with Crippen molar-refractivity contribution in [2.45, 2.75) is 0 Å². The molecule has 1 aliphatic heterocycles. The smallest absolute Gasteiger partial charge is 0.331 e. The first-order valence-electron chi connectivity index (χ1n) is 9.70. The first-order valence-corrected chi connectivity index (χ1v) is 9.70. The first kappa shape index (κ1) is 20.2. The Bertz CT molecular complexity index is 1110. The summed E-state index contributed by atoms with van der Waals surface area (Å²) in [7, 11) is 1.68. The highest BCUT2D eigenvalue weighted by Crippen LogP contribution is 2.31. The van der Waals surface area contributed by atoms with Crippen LogP contribution < -0.4 is 19.3 Å². The molecule has 7 nitrogen and oxygen atoms in total. The van der Waals surface area contributed by atoms with Gasteiger partial charge in [0, 0.05) is 18.3 Å². The fraction of sp³-hybridized carbons (Fsp3) is 0.125. The van der Waals surface area contributed by atoms with Gasteiger partial charge in [0.1, 0.15) is 18.8 Å². The molecule has 3 aromatic rings. The van der Waals surface area contributed by atoms with E-state index in [4.69, 9.17) is 9.47 Å². The molecule has 31 heavy (non-hydrogen) atoms. The van der Waals surface area contributed by atoms with Crippen LogP contribution in [0.4, 0.5) is 11.4 Å². The van der Waals surface area contributed by atoms with E-state index in [0.717, 1.165) is 0 Å². The first-order chi connectivity index (χ1) is 15.0. The summed E-state index contributed by atoms with van der Waals surface area (Å²) < 4.78 is 10.6. The average Bonchev–Trinajstić information content (AvgIpc) is 2.79. The number of hydrogen-bond acceptors (Lipinski definition) is 6. The van der Waals surface area contributed by atoms with Gasteiger partial charge in [-0.2, -0.15) is 0 Å². The van der Waals surface area contributed by atoms with Crippen molar-refractivity contribution in [2.75, 3.05) is 29.9 Å². The van der Waals surface area contributed by atoms with Crippen LogP contribution in [0.1, 0.15) is 10.4 Å². The van der Waals surface area contributed by atoms with E-state index >= 15 is 0 Å². The number of carbonyl (C=O) groups excluding carboxylic acids is 3. The monoisotopic (exact) mass is 416 g/mol. The van der Waals surface area contributed by atoms with Crippen LogP contribution in [-0.4, -0.2) is 38.0 Å². The van der Waals surface area contributed by atoms with Crippen LogP contribution in [0.3, 0.4) is 0 Å². The Labute approximate surface area is 179 Å². The second-order valence-corrected chi connectivity index (χ2v) is 7.00. The third-order valence-corrected chi connectivity index (χ3v) is 4.85. The van der Waals surface area contributed by atoms with Gasteiger partial charge >= 0.3 is 11.9 Å². The Balaban J connectivity index is 1.40. The minimum Gasteiger partial charge on any atom is -0.425 e. The Morgan fingerprint density at radius 3 is 2.39 bits per heavy atom. The van der Waals surface area contributed by atoms with Crippen LogP contribution >= 0.6 is 0 Å². The minimum absolute atomic E-state index is 0.0303. The topological polar surface area (TPSA) is 76.2 Å². The maximum absolute atomic E-state index is 12.6. The number of hydrogen-bond donors (Lipinski definition) is 0. The van der Waals surface area contributed by atoms with E-state index in [1.165, 1.54) is 4.90 Å². The fourth-order valence-electron chi connectivity index (χ4n) is 3.29. The fourth-order valence-corrected chi connectivity index (χ4v) is 3.29. The Morgan fingerprint density at radius 1 is 0.968 bits per heavy atom. The van der Waals surface area contributed by atoms with Crippen LogP contribution in [0, 0.1) is 0 Å². The highest BCUT2D eigenvalue weighted by Gasteiger charge is 2.26. The van der Waals surface area contributed by atoms with Crippen LogP contribution in [0.2, 0.25) is 0 Å². The molecule has 0 N–H and O–H groups in total. The molecule has 0 spiro atoms. The molecule has 0 aromatic heterocycles. The van der Waals surface area contributed by atoms with Crippen molar-refractivity contribution in [3.8, 4) is 11.5 Å². The number of esters is 2. The van der Waals surface area contributed by atoms with Gasteiger partial charge in [-0.25, -0.2) is 9.59 Å². The number of anilines is 2. The van der Waals surface area contributed by atoms with Crippen molar-refractivity contribution in [3.05, 3.63) is 84.4 Å². The lowest BCUT2D eigenvalue weighted by molar-refractivity contribution is -0.134. The zero-order valence-electron chi connectivity index (χ0n) is 16.9. The van der Waals surface area contributed by atoms with Gasteiger partial charge in [0.15, 0.2) is 5.75 Å². The molecule has 7 heteroatoms. The molecule has 0 fully saturated rings. The number of para-hydroxylation sites is 2. The summed E-state index contributed by atoms with van der Waals surface area (Å²) in [5.74, 6) is -0.307. The number of benzene rings is 3. The van der Waals surface area contributed by atoms with Crippen molar-refractivity contribution < 1.29 is 23.9 Å². The van der Waals surface area contributed by atoms with Gasteiger partial charge in [0.25, 0.3) is 5.91 Å². The van der Waals surface area contributed by atoms with E-state index in [0.29, 0.717) is 28.4 Å². The summed E-state index contributed by atoms with van der Waals surface area (Å²) in [6, 6.07) is 22.7. The van der Waals surface area contributed by atoms with Crippen LogP contribution in [-0.2, 0) is 9.59 Å². The molecular weight excluding hydrogens is 396 g/mol. The molecule has 1 heterocycles. The zero-order chi connectivity index (χ0) is 21.8. The lowest BCUT2D eigenvalue weighted by Crippen LogP contribution is -2.41. The van der Waals surface area contributed by atoms with E-state index in [1.807, 2.05) is 24.3 Å². The summed E-state index contributed by atoms with van der Waals surface area (Å²) in [6.07, 6.45) is 0. The third-order valence-electron chi connectivity index (χ3n) is 4.85. The normalized spacial score (nSPS) is 12.5. The van der Waals surface area contributed by atoms with Gasteiger partial charge in [-0.05, 0) is 48.5 Å². The van der Waals surface area contributed by atoms with Crippen molar-refractivity contribution in [1.29, 1.82) is 0 Å². The van der Waals surface area contributed by atoms with E-state index in [2.05, 4.69) is 0 Å². The van der Waals surface area contributed by atoms with Gasteiger partial charge in [-0.15, -0.1) is 0 Å². The van der Waals surface area contributed by atoms with Crippen LogP contribution in [0.25, 0.3) is 0 Å². The maximum Gasteiger partial charge on any atom is 0.331 e. The van der Waals surface area contributed by atoms with Crippen molar-refractivity contribution in [2.24, 2.45) is 0 Å². The predicted molar refractivity (Wildman–Crippen MR) is 116 cm³/mol. The predicted octanol–water partition coefficient (Wildman–Crippen LogP) is 3.29. The van der Waals surface area contributed by atoms with Gasteiger partial charge in [-0.1, -0.05) is 30.3 Å².